The van der Waals surface area contributed by atoms with Crippen LogP contribution in [0.3, 0.4) is 0 Å². The van der Waals surface area contributed by atoms with Gasteiger partial charge in [-0.3, -0.25) is 0 Å². The molecule has 0 aromatic rings. The molecule has 0 aliphatic heterocycles. The Hall–Kier alpha value is 0.310. The Labute approximate surface area is 105 Å². The van der Waals surface area contributed by atoms with Gasteiger partial charge in [-0.2, -0.15) is 11.8 Å². The first-order valence-electron chi connectivity index (χ1n) is 7.03. The summed E-state index contributed by atoms with van der Waals surface area (Å²) in [6.07, 6.45) is 13.9. The largest absolute Gasteiger partial charge is 0.313 e. The molecule has 2 heteroatoms. The highest BCUT2D eigenvalue weighted by Crippen LogP contribution is 2.38. The Kier molecular flexibility index (Phi) is 4.60. The van der Waals surface area contributed by atoms with Crippen LogP contribution >= 0.6 is 11.8 Å². The molecule has 2 rings (SSSR count). The summed E-state index contributed by atoms with van der Waals surface area (Å²) in [7, 11) is 0. The minimum Gasteiger partial charge on any atom is -0.313 e. The molecule has 2 fully saturated rings. The zero-order valence-corrected chi connectivity index (χ0v) is 11.7. The molecule has 0 bridgehead atoms. The smallest absolute Gasteiger partial charge is 0.0281 e. The van der Waals surface area contributed by atoms with Gasteiger partial charge in [-0.1, -0.05) is 32.1 Å². The van der Waals surface area contributed by atoms with E-state index in [1.54, 1.807) is 0 Å². The number of hydrogen-bond donors (Lipinski definition) is 1. The van der Waals surface area contributed by atoms with Gasteiger partial charge >= 0.3 is 0 Å². The average molecular weight is 241 g/mol. The summed E-state index contributed by atoms with van der Waals surface area (Å²) < 4.78 is 0.566. The van der Waals surface area contributed by atoms with Crippen LogP contribution in [0.1, 0.15) is 58.3 Å². The van der Waals surface area contributed by atoms with Crippen molar-refractivity contribution in [2.24, 2.45) is 5.92 Å². The molecule has 2 saturated carbocycles. The molecule has 0 aromatic carbocycles. The summed E-state index contributed by atoms with van der Waals surface area (Å²) in [5.41, 5.74) is 0. The Morgan fingerprint density at radius 1 is 1.25 bits per heavy atom. The first kappa shape index (κ1) is 12.8. The summed E-state index contributed by atoms with van der Waals surface area (Å²) in [4.78, 5) is 0. The lowest BCUT2D eigenvalue weighted by molar-refractivity contribution is 0.357. The van der Waals surface area contributed by atoms with Gasteiger partial charge in [0, 0.05) is 17.3 Å². The van der Waals surface area contributed by atoms with Crippen molar-refractivity contribution in [1.82, 2.24) is 5.32 Å². The van der Waals surface area contributed by atoms with Gasteiger partial charge in [-0.15, -0.1) is 0 Å². The second kappa shape index (κ2) is 5.77. The average Bonchev–Trinajstić information content (AvgIpc) is 3.12. The van der Waals surface area contributed by atoms with Crippen LogP contribution < -0.4 is 5.32 Å². The van der Waals surface area contributed by atoms with E-state index < -0.39 is 0 Å². The minimum absolute atomic E-state index is 0.566. The van der Waals surface area contributed by atoms with E-state index in [2.05, 4.69) is 30.3 Å². The minimum atomic E-state index is 0.566. The van der Waals surface area contributed by atoms with E-state index in [0.717, 1.165) is 12.0 Å². The lowest BCUT2D eigenvalue weighted by Gasteiger charge is -2.37. The van der Waals surface area contributed by atoms with E-state index in [-0.39, 0.29) is 0 Å². The monoisotopic (exact) mass is 241 g/mol. The van der Waals surface area contributed by atoms with Gasteiger partial charge in [-0.05, 0) is 38.4 Å². The summed E-state index contributed by atoms with van der Waals surface area (Å²) in [6, 6.07) is 0.735. The normalized spacial score (nSPS) is 26.6. The molecule has 0 amide bonds. The maximum Gasteiger partial charge on any atom is 0.0281 e. The summed E-state index contributed by atoms with van der Waals surface area (Å²) in [6.45, 7) is 3.61. The fraction of sp³-hybridized carbons (Fsp3) is 1.00. The van der Waals surface area contributed by atoms with Crippen molar-refractivity contribution >= 4 is 11.8 Å². The van der Waals surface area contributed by atoms with Crippen LogP contribution in [-0.4, -0.2) is 23.6 Å². The predicted octanol–water partition coefficient (Wildman–Crippen LogP) is 3.83. The first-order chi connectivity index (χ1) is 7.74. The number of nitrogens with one attached hydrogen (secondary N) is 1. The van der Waals surface area contributed by atoms with Gasteiger partial charge < -0.3 is 5.32 Å². The first-order valence-corrected chi connectivity index (χ1v) is 8.25. The van der Waals surface area contributed by atoms with Crippen LogP contribution in [0, 0.1) is 5.92 Å². The molecule has 2 aliphatic rings. The van der Waals surface area contributed by atoms with Crippen molar-refractivity contribution < 1.29 is 0 Å². The van der Waals surface area contributed by atoms with Gasteiger partial charge in [-0.25, -0.2) is 0 Å². The van der Waals surface area contributed by atoms with E-state index >= 15 is 0 Å². The highest BCUT2D eigenvalue weighted by molar-refractivity contribution is 8.00. The third-order valence-electron chi connectivity index (χ3n) is 4.35. The highest BCUT2D eigenvalue weighted by atomic mass is 32.2. The Bertz CT molecular complexity index is 207. The predicted molar refractivity (Wildman–Crippen MR) is 74.1 cm³/mol. The molecule has 1 unspecified atom stereocenters. The molecule has 1 atom stereocenters. The van der Waals surface area contributed by atoms with Crippen LogP contribution in [0.2, 0.25) is 0 Å². The van der Waals surface area contributed by atoms with Crippen LogP contribution in [0.5, 0.6) is 0 Å². The molecular weight excluding hydrogens is 214 g/mol. The third-order valence-corrected chi connectivity index (χ3v) is 5.77. The highest BCUT2D eigenvalue weighted by Gasteiger charge is 2.31. The van der Waals surface area contributed by atoms with Crippen molar-refractivity contribution in [1.29, 1.82) is 0 Å². The van der Waals surface area contributed by atoms with E-state index in [0.29, 0.717) is 4.75 Å². The fourth-order valence-corrected chi connectivity index (χ4v) is 3.87. The van der Waals surface area contributed by atoms with Crippen LogP contribution in [-0.2, 0) is 0 Å². The molecule has 1 nitrogen and oxygen atoms in total. The van der Waals surface area contributed by atoms with Crippen LogP contribution in [0.15, 0.2) is 0 Å². The van der Waals surface area contributed by atoms with Gasteiger partial charge in [0.05, 0.1) is 0 Å². The molecule has 1 N–H and O–H groups in total. The van der Waals surface area contributed by atoms with Gasteiger partial charge in [0.1, 0.15) is 0 Å². The summed E-state index contributed by atoms with van der Waals surface area (Å²) >= 11 is 2.11. The van der Waals surface area contributed by atoms with Crippen molar-refractivity contribution in [3.05, 3.63) is 0 Å². The Morgan fingerprint density at radius 3 is 2.50 bits per heavy atom. The zero-order chi connectivity index (χ0) is 11.4. The third kappa shape index (κ3) is 3.66. The lowest BCUT2D eigenvalue weighted by Crippen LogP contribution is -2.42. The number of rotatable bonds is 6. The Morgan fingerprint density at radius 2 is 1.94 bits per heavy atom. The van der Waals surface area contributed by atoms with E-state index in [9.17, 15) is 0 Å². The number of hydrogen-bond acceptors (Lipinski definition) is 2. The van der Waals surface area contributed by atoms with E-state index in [1.165, 1.54) is 57.9 Å². The molecule has 0 spiro atoms. The summed E-state index contributed by atoms with van der Waals surface area (Å²) in [5, 5.41) is 3.79. The Balaban J connectivity index is 1.72. The van der Waals surface area contributed by atoms with Gasteiger partial charge in [0.15, 0.2) is 0 Å². The maximum absolute atomic E-state index is 3.79. The van der Waals surface area contributed by atoms with Crippen molar-refractivity contribution in [2.75, 3.05) is 12.8 Å². The number of thioether (sulfide) groups is 1. The van der Waals surface area contributed by atoms with Crippen LogP contribution in [0.25, 0.3) is 0 Å². The second-order valence-electron chi connectivity index (χ2n) is 5.91. The summed E-state index contributed by atoms with van der Waals surface area (Å²) in [5.74, 6) is 1.05. The topological polar surface area (TPSA) is 12.0 Å². The maximum atomic E-state index is 3.79. The van der Waals surface area contributed by atoms with Gasteiger partial charge in [0.25, 0.3) is 0 Å². The van der Waals surface area contributed by atoms with Crippen molar-refractivity contribution in [2.45, 2.75) is 69.1 Å². The molecular formula is C14H27NS. The molecule has 0 radical (unpaired) electrons. The molecule has 0 aromatic heterocycles. The van der Waals surface area contributed by atoms with Gasteiger partial charge in [0.2, 0.25) is 0 Å². The molecule has 0 heterocycles. The quantitative estimate of drug-likeness (QED) is 0.758. The SMILES string of the molecule is CSC1(CNC(C)CC2CC2)CCCCC1. The van der Waals surface area contributed by atoms with Crippen molar-refractivity contribution in [3.63, 3.8) is 0 Å². The van der Waals surface area contributed by atoms with Crippen LogP contribution in [0.4, 0.5) is 0 Å². The van der Waals surface area contributed by atoms with E-state index in [4.69, 9.17) is 0 Å². The molecule has 94 valence electrons. The molecule has 16 heavy (non-hydrogen) atoms. The molecule has 0 saturated heterocycles. The zero-order valence-electron chi connectivity index (χ0n) is 10.9. The standard InChI is InChI=1S/C14H27NS/c1-12(10-13-6-7-13)15-11-14(16-2)8-4-3-5-9-14/h12-13,15H,3-11H2,1-2H3. The van der Waals surface area contributed by atoms with E-state index in [1.807, 2.05) is 0 Å². The second-order valence-corrected chi connectivity index (χ2v) is 7.18. The lowest BCUT2D eigenvalue weighted by atomic mass is 9.88. The molecule has 2 aliphatic carbocycles. The van der Waals surface area contributed by atoms with Crippen molar-refractivity contribution in [3.8, 4) is 0 Å². The fourth-order valence-electron chi connectivity index (χ4n) is 2.95.